The third-order valence-corrected chi connectivity index (χ3v) is 6.34. The molecule has 1 nitrogen and oxygen atoms in total. The van der Waals surface area contributed by atoms with Crippen molar-refractivity contribution in [2.45, 2.75) is 38.6 Å². The van der Waals surface area contributed by atoms with Gasteiger partial charge in [0.2, 0.25) is 0 Å². The first-order chi connectivity index (χ1) is 13.7. The molecule has 1 heterocycles. The second-order valence-corrected chi connectivity index (χ2v) is 8.31. The van der Waals surface area contributed by atoms with E-state index in [2.05, 4.69) is 91.8 Å². The number of aryl methyl sites for hydroxylation is 2. The van der Waals surface area contributed by atoms with E-state index in [1.54, 1.807) is 0 Å². The molecule has 1 aliphatic carbocycles. The Hall–Kier alpha value is -2.80. The Morgan fingerprint density at radius 2 is 1.79 bits per heavy atom. The first-order valence-electron chi connectivity index (χ1n) is 10.4. The summed E-state index contributed by atoms with van der Waals surface area (Å²) in [7, 11) is 2.19. The van der Waals surface area contributed by atoms with Crippen LogP contribution in [0.25, 0.3) is 21.9 Å². The molecule has 0 radical (unpaired) electrons. The van der Waals surface area contributed by atoms with E-state index in [4.69, 9.17) is 0 Å². The van der Waals surface area contributed by atoms with Gasteiger partial charge in [-0.2, -0.15) is 0 Å². The highest BCUT2D eigenvalue weighted by Gasteiger charge is 2.20. The van der Waals surface area contributed by atoms with Crippen molar-refractivity contribution in [3.63, 3.8) is 0 Å². The summed E-state index contributed by atoms with van der Waals surface area (Å²) in [6, 6.07) is 21.0. The van der Waals surface area contributed by atoms with Crippen LogP contribution in [-0.2, 0) is 6.42 Å². The standard InChI is InChI=1S/C27H27N/c1-19-15-22-11-6-12-24-23-10-5-9-20(16-23)7-3-4-8-21-13-14-28(2)27(17-21)25(19)18-26(22)24/h5-6,9-18,27H,3-4,7-8H2,1-2H3. The van der Waals surface area contributed by atoms with Crippen LogP contribution in [0, 0.1) is 6.92 Å². The maximum atomic E-state index is 2.47. The molecule has 0 aromatic heterocycles. The predicted molar refractivity (Wildman–Crippen MR) is 119 cm³/mol. The summed E-state index contributed by atoms with van der Waals surface area (Å²) in [5.74, 6) is 0. The highest BCUT2D eigenvalue weighted by atomic mass is 15.1. The zero-order valence-corrected chi connectivity index (χ0v) is 16.8. The van der Waals surface area contributed by atoms with Crippen molar-refractivity contribution in [2.24, 2.45) is 0 Å². The van der Waals surface area contributed by atoms with E-state index in [9.17, 15) is 0 Å². The highest BCUT2D eigenvalue weighted by Crippen LogP contribution is 2.36. The maximum Gasteiger partial charge on any atom is 0.0726 e. The van der Waals surface area contributed by atoms with Gasteiger partial charge in [-0.3, -0.25) is 0 Å². The van der Waals surface area contributed by atoms with E-state index < -0.39 is 0 Å². The molecule has 3 aromatic rings. The molecule has 2 aliphatic rings. The van der Waals surface area contributed by atoms with Crippen molar-refractivity contribution < 1.29 is 0 Å². The van der Waals surface area contributed by atoms with Gasteiger partial charge >= 0.3 is 0 Å². The van der Waals surface area contributed by atoms with Gasteiger partial charge in [0.25, 0.3) is 0 Å². The molecule has 28 heavy (non-hydrogen) atoms. The summed E-state index contributed by atoms with van der Waals surface area (Å²) in [6.45, 7) is 2.25. The number of benzene rings is 3. The summed E-state index contributed by atoms with van der Waals surface area (Å²) in [5.41, 5.74) is 8.39. The lowest BCUT2D eigenvalue weighted by molar-refractivity contribution is 0.385. The average molecular weight is 366 g/mol. The van der Waals surface area contributed by atoms with Crippen molar-refractivity contribution in [2.75, 3.05) is 7.05 Å². The van der Waals surface area contributed by atoms with Crippen LogP contribution in [0.4, 0.5) is 0 Å². The largest absolute Gasteiger partial charge is 0.370 e. The van der Waals surface area contributed by atoms with Gasteiger partial charge in [-0.05, 0) is 95.1 Å². The Balaban J connectivity index is 1.77. The lowest BCUT2D eigenvalue weighted by Gasteiger charge is -2.30. The zero-order chi connectivity index (χ0) is 19.1. The molecule has 0 saturated carbocycles. The number of hydrogen-bond donors (Lipinski definition) is 0. The molecule has 0 amide bonds. The van der Waals surface area contributed by atoms with E-state index in [1.807, 2.05) is 0 Å². The van der Waals surface area contributed by atoms with Crippen LogP contribution in [0.2, 0.25) is 0 Å². The monoisotopic (exact) mass is 365 g/mol. The fourth-order valence-electron chi connectivity index (χ4n) is 4.74. The minimum Gasteiger partial charge on any atom is -0.370 e. The molecule has 140 valence electrons. The fourth-order valence-corrected chi connectivity index (χ4v) is 4.74. The molecule has 1 atom stereocenters. The average Bonchev–Trinajstić information content (AvgIpc) is 2.71. The molecule has 1 unspecified atom stereocenters. The van der Waals surface area contributed by atoms with Gasteiger partial charge in [0.15, 0.2) is 0 Å². The first-order valence-corrected chi connectivity index (χ1v) is 10.4. The third kappa shape index (κ3) is 3.05. The number of rotatable bonds is 0. The highest BCUT2D eigenvalue weighted by molar-refractivity contribution is 5.97. The van der Waals surface area contributed by atoms with Crippen LogP contribution in [0.3, 0.4) is 0 Å². The van der Waals surface area contributed by atoms with Crippen LogP contribution in [0.15, 0.2) is 78.5 Å². The number of hydrogen-bond acceptors (Lipinski definition) is 1. The van der Waals surface area contributed by atoms with Crippen LogP contribution in [0.5, 0.6) is 0 Å². The third-order valence-electron chi connectivity index (χ3n) is 6.34. The Bertz CT molecular complexity index is 1100. The van der Waals surface area contributed by atoms with Crippen LogP contribution in [-0.4, -0.2) is 11.9 Å². The second kappa shape index (κ2) is 6.98. The van der Waals surface area contributed by atoms with Crippen molar-refractivity contribution >= 4 is 10.8 Å². The van der Waals surface area contributed by atoms with E-state index in [0.29, 0.717) is 6.04 Å². The van der Waals surface area contributed by atoms with Gasteiger partial charge in [0.1, 0.15) is 0 Å². The van der Waals surface area contributed by atoms with Crippen molar-refractivity contribution in [1.29, 1.82) is 0 Å². The number of likely N-dealkylation sites (N-methyl/N-ethyl adjacent to an activating group) is 1. The molecule has 0 N–H and O–H groups in total. The van der Waals surface area contributed by atoms with Crippen molar-refractivity contribution in [3.05, 3.63) is 95.2 Å². The molecule has 1 aliphatic heterocycles. The molecule has 1 heteroatoms. The van der Waals surface area contributed by atoms with E-state index >= 15 is 0 Å². The minimum atomic E-state index is 0.312. The van der Waals surface area contributed by atoms with Gasteiger partial charge in [-0.25, -0.2) is 0 Å². The Morgan fingerprint density at radius 1 is 0.929 bits per heavy atom. The van der Waals surface area contributed by atoms with Crippen molar-refractivity contribution in [1.82, 2.24) is 4.90 Å². The summed E-state index contributed by atoms with van der Waals surface area (Å²) in [6.07, 6.45) is 11.8. The fraction of sp³-hybridized carbons (Fsp3) is 0.259. The van der Waals surface area contributed by atoms with Gasteiger partial charge < -0.3 is 4.90 Å². The maximum absolute atomic E-state index is 2.47. The van der Waals surface area contributed by atoms with Crippen molar-refractivity contribution in [3.8, 4) is 11.1 Å². The number of nitrogens with zero attached hydrogens (tertiary/aromatic N) is 1. The number of fused-ring (bicyclic) bond motifs is 6. The molecule has 0 saturated heterocycles. The summed E-state index contributed by atoms with van der Waals surface area (Å²) in [4.78, 5) is 2.34. The van der Waals surface area contributed by atoms with E-state index in [1.165, 1.54) is 63.4 Å². The van der Waals surface area contributed by atoms with Gasteiger partial charge in [-0.15, -0.1) is 0 Å². The second-order valence-electron chi connectivity index (χ2n) is 8.31. The topological polar surface area (TPSA) is 3.24 Å². The predicted octanol–water partition coefficient (Wildman–Crippen LogP) is 6.97. The number of allylic oxidation sites excluding steroid dienone is 2. The summed E-state index contributed by atoms with van der Waals surface area (Å²) in [5, 5.41) is 2.68. The summed E-state index contributed by atoms with van der Waals surface area (Å²) >= 11 is 0. The SMILES string of the molecule is Cc1cc2cccc3c2cc1C1C=C(C=CN1C)CCCCc1cccc-3c1. The van der Waals surface area contributed by atoms with Crippen LogP contribution in [0.1, 0.15) is 42.0 Å². The molecular weight excluding hydrogens is 338 g/mol. The molecule has 3 aromatic carbocycles. The Morgan fingerprint density at radius 3 is 2.71 bits per heavy atom. The first kappa shape index (κ1) is 17.3. The Kier molecular flexibility index (Phi) is 4.31. The molecule has 0 fully saturated rings. The lowest BCUT2D eigenvalue weighted by Crippen LogP contribution is -2.21. The molecular formula is C27H27N. The quantitative estimate of drug-likeness (QED) is 0.416. The van der Waals surface area contributed by atoms with Gasteiger partial charge in [0.05, 0.1) is 6.04 Å². The molecule has 6 bridgehead atoms. The normalized spacial score (nSPS) is 18.9. The Labute approximate surface area is 168 Å². The van der Waals surface area contributed by atoms with Gasteiger partial charge in [0, 0.05) is 7.05 Å². The van der Waals surface area contributed by atoms with Gasteiger partial charge in [-0.1, -0.05) is 54.6 Å². The van der Waals surface area contributed by atoms with E-state index in [-0.39, 0.29) is 0 Å². The van der Waals surface area contributed by atoms with E-state index in [0.717, 1.165) is 6.42 Å². The molecule has 0 spiro atoms. The minimum absolute atomic E-state index is 0.312. The zero-order valence-electron chi connectivity index (χ0n) is 16.8. The molecule has 5 rings (SSSR count). The van der Waals surface area contributed by atoms with Crippen LogP contribution >= 0.6 is 0 Å². The lowest BCUT2D eigenvalue weighted by atomic mass is 9.88. The van der Waals surface area contributed by atoms with Crippen LogP contribution < -0.4 is 0 Å². The summed E-state index contributed by atoms with van der Waals surface area (Å²) < 4.78 is 0. The smallest absolute Gasteiger partial charge is 0.0726 e.